The summed E-state index contributed by atoms with van der Waals surface area (Å²) in [6.07, 6.45) is 1.13. The predicted molar refractivity (Wildman–Crippen MR) is 75.8 cm³/mol. The summed E-state index contributed by atoms with van der Waals surface area (Å²) >= 11 is 3.61. The molecule has 0 spiro atoms. The largest absolute Gasteiger partial charge is 0.307 e. The zero-order valence-electron chi connectivity index (χ0n) is 9.94. The fraction of sp³-hybridized carbons (Fsp3) is 0.462. The number of ketones is 1. The summed E-state index contributed by atoms with van der Waals surface area (Å²) in [6, 6.07) is 8.61. The van der Waals surface area contributed by atoms with E-state index in [4.69, 9.17) is 0 Å². The number of carbonyl (C=O) groups excluding carboxylic acids is 1. The van der Waals surface area contributed by atoms with E-state index in [-0.39, 0.29) is 5.78 Å². The first-order valence-corrected chi connectivity index (χ1v) is 7.81. The molecular formula is C13H17NOS2. The number of carbonyl (C=O) groups is 1. The average molecular weight is 267 g/mol. The lowest BCUT2D eigenvalue weighted by molar-refractivity contribution is -0.114. The van der Waals surface area contributed by atoms with E-state index in [1.165, 1.54) is 10.5 Å². The Labute approximate surface area is 111 Å². The molecule has 1 N–H and O–H groups in total. The quantitative estimate of drug-likeness (QED) is 0.830. The van der Waals surface area contributed by atoms with Gasteiger partial charge in [-0.15, -0.1) is 23.5 Å². The monoisotopic (exact) mass is 267 g/mol. The topological polar surface area (TPSA) is 29.1 Å². The van der Waals surface area contributed by atoms with Crippen LogP contribution in [0.3, 0.4) is 0 Å². The van der Waals surface area contributed by atoms with Gasteiger partial charge in [0.05, 0.1) is 5.75 Å². The van der Waals surface area contributed by atoms with E-state index in [1.54, 1.807) is 18.7 Å². The summed E-state index contributed by atoms with van der Waals surface area (Å²) in [5, 5.41) is 4.07. The molecule has 1 aromatic rings. The summed E-state index contributed by atoms with van der Waals surface area (Å²) in [6.45, 7) is 2.75. The highest BCUT2D eigenvalue weighted by molar-refractivity contribution is 8.00. The van der Waals surface area contributed by atoms with Crippen LogP contribution in [0.5, 0.6) is 0 Å². The Morgan fingerprint density at radius 1 is 1.47 bits per heavy atom. The van der Waals surface area contributed by atoms with E-state index >= 15 is 0 Å². The van der Waals surface area contributed by atoms with Crippen molar-refractivity contribution < 1.29 is 4.79 Å². The summed E-state index contributed by atoms with van der Waals surface area (Å²) in [5.41, 5.74) is 1.39. The molecule has 2 rings (SSSR count). The average Bonchev–Trinajstić information content (AvgIpc) is 2.81. The van der Waals surface area contributed by atoms with Crippen LogP contribution in [0, 0.1) is 0 Å². The number of Topliss-reactive ketones (excluding diaryl/α,β-unsaturated/α-hetero) is 1. The highest BCUT2D eigenvalue weighted by Gasteiger charge is 2.15. The van der Waals surface area contributed by atoms with Gasteiger partial charge in [0.25, 0.3) is 0 Å². The van der Waals surface area contributed by atoms with Crippen molar-refractivity contribution in [1.29, 1.82) is 0 Å². The molecule has 1 unspecified atom stereocenters. The molecule has 1 aliphatic rings. The molecule has 0 bridgehead atoms. The van der Waals surface area contributed by atoms with Crippen molar-refractivity contribution in [2.45, 2.75) is 23.5 Å². The van der Waals surface area contributed by atoms with Crippen molar-refractivity contribution in [1.82, 2.24) is 5.32 Å². The number of nitrogens with one attached hydrogen (secondary N) is 1. The third-order valence-corrected chi connectivity index (χ3v) is 4.95. The number of hydrogen-bond donors (Lipinski definition) is 1. The van der Waals surface area contributed by atoms with Crippen molar-refractivity contribution in [2.24, 2.45) is 0 Å². The first-order valence-electron chi connectivity index (χ1n) is 5.77. The van der Waals surface area contributed by atoms with Gasteiger partial charge in [0, 0.05) is 22.6 Å². The molecule has 1 saturated heterocycles. The van der Waals surface area contributed by atoms with Crippen LogP contribution in [0.2, 0.25) is 0 Å². The molecule has 0 saturated carbocycles. The van der Waals surface area contributed by atoms with E-state index in [0.29, 0.717) is 11.0 Å². The van der Waals surface area contributed by atoms with E-state index in [9.17, 15) is 4.79 Å². The molecule has 2 nitrogen and oxygen atoms in total. The van der Waals surface area contributed by atoms with Crippen LogP contribution in [0.15, 0.2) is 29.2 Å². The minimum atomic E-state index is 0.229. The Morgan fingerprint density at radius 3 is 2.82 bits per heavy atom. The Kier molecular flexibility index (Phi) is 4.95. The highest BCUT2D eigenvalue weighted by Crippen LogP contribution is 2.22. The van der Waals surface area contributed by atoms with Gasteiger partial charge >= 0.3 is 0 Å². The van der Waals surface area contributed by atoms with Gasteiger partial charge in [-0.1, -0.05) is 12.1 Å². The molecular weight excluding hydrogens is 250 g/mol. The zero-order valence-corrected chi connectivity index (χ0v) is 11.6. The van der Waals surface area contributed by atoms with Crippen molar-refractivity contribution in [3.05, 3.63) is 29.8 Å². The summed E-state index contributed by atoms with van der Waals surface area (Å²) in [4.78, 5) is 12.1. The minimum absolute atomic E-state index is 0.229. The molecule has 0 aliphatic carbocycles. The fourth-order valence-corrected chi connectivity index (χ4v) is 3.47. The maximum atomic E-state index is 10.9. The fourth-order valence-electron chi connectivity index (χ4n) is 1.76. The molecule has 0 radical (unpaired) electrons. The maximum absolute atomic E-state index is 10.9. The number of benzene rings is 1. The molecule has 17 heavy (non-hydrogen) atoms. The van der Waals surface area contributed by atoms with Crippen molar-refractivity contribution in [3.8, 4) is 0 Å². The van der Waals surface area contributed by atoms with Gasteiger partial charge in [-0.05, 0) is 31.0 Å². The van der Waals surface area contributed by atoms with E-state index < -0.39 is 0 Å². The van der Waals surface area contributed by atoms with Gasteiger partial charge in [-0.25, -0.2) is 0 Å². The second kappa shape index (κ2) is 6.47. The van der Waals surface area contributed by atoms with Crippen molar-refractivity contribution in [2.75, 3.05) is 18.2 Å². The number of rotatable bonds is 5. The molecule has 1 heterocycles. The number of hydrogen-bond acceptors (Lipinski definition) is 4. The predicted octanol–water partition coefficient (Wildman–Crippen LogP) is 2.57. The Balaban J connectivity index is 1.86. The summed E-state index contributed by atoms with van der Waals surface area (Å²) in [5.74, 6) is 1.88. The Morgan fingerprint density at radius 2 is 2.24 bits per heavy atom. The normalized spacial score (nSPS) is 19.5. The SMILES string of the molecule is CC(=O)CSc1ccc(CC2CNCS2)cc1. The first-order chi connectivity index (χ1) is 8.24. The van der Waals surface area contributed by atoms with Crippen molar-refractivity contribution >= 4 is 29.3 Å². The van der Waals surface area contributed by atoms with Gasteiger partial charge < -0.3 is 5.32 Å². The standard InChI is InChI=1S/C13H17NOS2/c1-10(15)8-16-12-4-2-11(3-5-12)6-13-7-14-9-17-13/h2-5,13-14H,6-9H2,1H3. The van der Waals surface area contributed by atoms with E-state index in [2.05, 4.69) is 29.6 Å². The molecule has 92 valence electrons. The van der Waals surface area contributed by atoms with Crippen LogP contribution < -0.4 is 5.32 Å². The van der Waals surface area contributed by atoms with Gasteiger partial charge in [0.1, 0.15) is 5.78 Å². The summed E-state index contributed by atoms with van der Waals surface area (Å²) < 4.78 is 0. The van der Waals surface area contributed by atoms with Crippen LogP contribution in [0.1, 0.15) is 12.5 Å². The first kappa shape index (κ1) is 13.0. The van der Waals surface area contributed by atoms with Crippen LogP contribution in [0.4, 0.5) is 0 Å². The van der Waals surface area contributed by atoms with Crippen LogP contribution >= 0.6 is 23.5 Å². The van der Waals surface area contributed by atoms with Gasteiger partial charge in [0.15, 0.2) is 0 Å². The van der Waals surface area contributed by atoms with Crippen LogP contribution in [-0.2, 0) is 11.2 Å². The lowest BCUT2D eigenvalue weighted by atomic mass is 10.1. The second-order valence-corrected chi connectivity index (χ2v) is 6.56. The molecule has 1 fully saturated rings. The third kappa shape index (κ3) is 4.37. The molecule has 0 amide bonds. The Hall–Kier alpha value is -0.450. The Bertz CT molecular complexity index is 372. The smallest absolute Gasteiger partial charge is 0.140 e. The van der Waals surface area contributed by atoms with Crippen LogP contribution in [-0.4, -0.2) is 29.2 Å². The van der Waals surface area contributed by atoms with Crippen molar-refractivity contribution in [3.63, 3.8) is 0 Å². The minimum Gasteiger partial charge on any atom is -0.307 e. The lowest BCUT2D eigenvalue weighted by Crippen LogP contribution is -2.14. The second-order valence-electron chi connectivity index (χ2n) is 4.23. The van der Waals surface area contributed by atoms with Gasteiger partial charge in [0.2, 0.25) is 0 Å². The highest BCUT2D eigenvalue weighted by atomic mass is 32.2. The molecule has 1 atom stereocenters. The third-order valence-electron chi connectivity index (χ3n) is 2.62. The van der Waals surface area contributed by atoms with E-state index in [0.717, 1.165) is 18.8 Å². The maximum Gasteiger partial charge on any atom is 0.140 e. The lowest BCUT2D eigenvalue weighted by Gasteiger charge is -2.08. The molecule has 1 aliphatic heterocycles. The van der Waals surface area contributed by atoms with Crippen LogP contribution in [0.25, 0.3) is 0 Å². The van der Waals surface area contributed by atoms with Gasteiger partial charge in [-0.2, -0.15) is 0 Å². The molecule has 1 aromatic carbocycles. The number of thioether (sulfide) groups is 2. The molecule has 4 heteroatoms. The van der Waals surface area contributed by atoms with Gasteiger partial charge in [-0.3, -0.25) is 4.79 Å². The van der Waals surface area contributed by atoms with E-state index in [1.807, 2.05) is 11.8 Å². The summed E-state index contributed by atoms with van der Waals surface area (Å²) in [7, 11) is 0. The molecule has 0 aromatic heterocycles. The zero-order chi connectivity index (χ0) is 12.1.